The quantitative estimate of drug-likeness (QED) is 0.884. The first kappa shape index (κ1) is 14.3. The van der Waals surface area contributed by atoms with Crippen LogP contribution in [0, 0.1) is 11.8 Å². The molecule has 3 atom stereocenters. The lowest BCUT2D eigenvalue weighted by Crippen LogP contribution is -2.48. The number of carbonyl (C=O) groups excluding carboxylic acids is 1. The number of carboxylic acid groups (broad SMARTS) is 1. The molecule has 21 heavy (non-hydrogen) atoms. The van der Waals surface area contributed by atoms with E-state index in [-0.39, 0.29) is 11.9 Å². The summed E-state index contributed by atoms with van der Waals surface area (Å²) in [6, 6.07) is -0.913. The Morgan fingerprint density at radius 1 is 1.48 bits per heavy atom. The molecule has 7 heteroatoms. The van der Waals surface area contributed by atoms with Gasteiger partial charge in [0, 0.05) is 24.9 Å². The molecule has 0 bridgehead atoms. The Kier molecular flexibility index (Phi) is 4.10. The molecule has 3 unspecified atom stereocenters. The van der Waals surface area contributed by atoms with Crippen molar-refractivity contribution in [2.75, 3.05) is 13.1 Å². The van der Waals surface area contributed by atoms with Gasteiger partial charge in [-0.15, -0.1) is 11.3 Å². The molecular weight excluding hydrogens is 290 g/mol. The lowest BCUT2D eigenvalue weighted by atomic mass is 9.94. The zero-order chi connectivity index (χ0) is 14.8. The van der Waals surface area contributed by atoms with Gasteiger partial charge in [-0.2, -0.15) is 0 Å². The SMILES string of the molecule is O=C(O)C1C2CCCC2CN1C(=O)NCCc1cscn1. The van der Waals surface area contributed by atoms with Crippen LogP contribution in [0.2, 0.25) is 0 Å². The van der Waals surface area contributed by atoms with E-state index in [1.54, 1.807) is 5.51 Å². The van der Waals surface area contributed by atoms with Crippen molar-refractivity contribution < 1.29 is 14.7 Å². The Bertz CT molecular complexity index is 520. The molecule has 1 aromatic heterocycles. The van der Waals surface area contributed by atoms with E-state index < -0.39 is 12.0 Å². The van der Waals surface area contributed by atoms with Gasteiger partial charge in [0.1, 0.15) is 6.04 Å². The summed E-state index contributed by atoms with van der Waals surface area (Å²) in [5.74, 6) is -0.388. The lowest BCUT2D eigenvalue weighted by Gasteiger charge is -2.24. The molecule has 3 rings (SSSR count). The molecule has 114 valence electrons. The molecule has 2 amide bonds. The zero-order valence-electron chi connectivity index (χ0n) is 11.7. The first-order valence-electron chi connectivity index (χ1n) is 7.31. The number of carbonyl (C=O) groups is 2. The normalized spacial score (nSPS) is 27.6. The minimum absolute atomic E-state index is 0.131. The van der Waals surface area contributed by atoms with E-state index in [4.69, 9.17) is 0 Å². The number of hydrogen-bond acceptors (Lipinski definition) is 4. The van der Waals surface area contributed by atoms with Gasteiger partial charge in [-0.05, 0) is 24.7 Å². The van der Waals surface area contributed by atoms with Gasteiger partial charge in [0.15, 0.2) is 0 Å². The summed E-state index contributed by atoms with van der Waals surface area (Å²) in [7, 11) is 0. The summed E-state index contributed by atoms with van der Waals surface area (Å²) in [6.07, 6.45) is 3.72. The number of amides is 2. The van der Waals surface area contributed by atoms with E-state index in [1.165, 1.54) is 16.2 Å². The van der Waals surface area contributed by atoms with Gasteiger partial charge >= 0.3 is 12.0 Å². The Balaban J connectivity index is 1.57. The van der Waals surface area contributed by atoms with E-state index >= 15 is 0 Å². The van der Waals surface area contributed by atoms with Crippen LogP contribution >= 0.6 is 11.3 Å². The maximum absolute atomic E-state index is 12.3. The van der Waals surface area contributed by atoms with E-state index in [1.807, 2.05) is 5.38 Å². The number of urea groups is 1. The second kappa shape index (κ2) is 6.01. The highest BCUT2D eigenvalue weighted by molar-refractivity contribution is 7.07. The lowest BCUT2D eigenvalue weighted by molar-refractivity contribution is -0.142. The average molecular weight is 309 g/mol. The van der Waals surface area contributed by atoms with Crippen molar-refractivity contribution in [3.63, 3.8) is 0 Å². The number of aromatic nitrogens is 1. The Hall–Kier alpha value is -1.63. The summed E-state index contributed by atoms with van der Waals surface area (Å²) < 4.78 is 0. The van der Waals surface area contributed by atoms with Gasteiger partial charge in [-0.25, -0.2) is 14.6 Å². The van der Waals surface area contributed by atoms with Crippen LogP contribution in [0.1, 0.15) is 25.0 Å². The van der Waals surface area contributed by atoms with E-state index in [0.29, 0.717) is 25.4 Å². The van der Waals surface area contributed by atoms with Crippen LogP contribution < -0.4 is 5.32 Å². The van der Waals surface area contributed by atoms with Crippen molar-refractivity contribution in [3.05, 3.63) is 16.6 Å². The molecule has 1 saturated carbocycles. The molecule has 1 saturated heterocycles. The predicted molar refractivity (Wildman–Crippen MR) is 78.2 cm³/mol. The monoisotopic (exact) mass is 309 g/mol. The summed E-state index contributed by atoms with van der Waals surface area (Å²) >= 11 is 1.53. The van der Waals surface area contributed by atoms with Crippen molar-refractivity contribution in [3.8, 4) is 0 Å². The number of fused-ring (bicyclic) bond motifs is 1. The van der Waals surface area contributed by atoms with Gasteiger partial charge in [0.2, 0.25) is 0 Å². The molecule has 2 N–H and O–H groups in total. The van der Waals surface area contributed by atoms with Crippen LogP contribution in [0.3, 0.4) is 0 Å². The molecular formula is C14H19N3O3S. The van der Waals surface area contributed by atoms with Gasteiger partial charge < -0.3 is 15.3 Å². The first-order chi connectivity index (χ1) is 10.2. The van der Waals surface area contributed by atoms with E-state index in [2.05, 4.69) is 10.3 Å². The molecule has 2 aliphatic rings. The third-order valence-electron chi connectivity index (χ3n) is 4.55. The average Bonchev–Trinajstić information content (AvgIpc) is 3.13. The van der Waals surface area contributed by atoms with Crippen molar-refractivity contribution in [2.45, 2.75) is 31.7 Å². The number of nitrogens with zero attached hydrogens (tertiary/aromatic N) is 2. The Morgan fingerprint density at radius 3 is 3.05 bits per heavy atom. The van der Waals surface area contributed by atoms with Crippen LogP contribution in [0.25, 0.3) is 0 Å². The van der Waals surface area contributed by atoms with E-state index in [9.17, 15) is 14.7 Å². The van der Waals surface area contributed by atoms with Crippen molar-refractivity contribution >= 4 is 23.3 Å². The zero-order valence-corrected chi connectivity index (χ0v) is 12.5. The second-order valence-electron chi connectivity index (χ2n) is 5.75. The topological polar surface area (TPSA) is 82.5 Å². The van der Waals surface area contributed by atoms with Crippen LogP contribution in [0.15, 0.2) is 10.9 Å². The number of carboxylic acids is 1. The smallest absolute Gasteiger partial charge is 0.326 e. The van der Waals surface area contributed by atoms with E-state index in [0.717, 1.165) is 25.0 Å². The number of likely N-dealkylation sites (tertiary alicyclic amines) is 1. The van der Waals surface area contributed by atoms with Crippen molar-refractivity contribution in [1.82, 2.24) is 15.2 Å². The van der Waals surface area contributed by atoms with Crippen molar-refractivity contribution in [1.29, 1.82) is 0 Å². The van der Waals surface area contributed by atoms with Crippen LogP contribution in [0.4, 0.5) is 4.79 Å². The number of rotatable bonds is 4. The van der Waals surface area contributed by atoms with Gasteiger partial charge in [0.05, 0.1) is 11.2 Å². The summed E-state index contributed by atoms with van der Waals surface area (Å²) in [4.78, 5) is 29.4. The Labute approximate surface area is 127 Å². The number of hydrogen-bond donors (Lipinski definition) is 2. The molecule has 0 radical (unpaired) electrons. The molecule has 6 nitrogen and oxygen atoms in total. The molecule has 2 fully saturated rings. The molecule has 0 spiro atoms. The minimum atomic E-state index is -0.876. The summed E-state index contributed by atoms with van der Waals surface area (Å²) in [5, 5.41) is 14.2. The molecule has 2 heterocycles. The van der Waals surface area contributed by atoms with Crippen molar-refractivity contribution in [2.24, 2.45) is 11.8 Å². The highest BCUT2D eigenvalue weighted by atomic mass is 32.1. The second-order valence-corrected chi connectivity index (χ2v) is 6.47. The van der Waals surface area contributed by atoms with Crippen LogP contribution in [-0.2, 0) is 11.2 Å². The molecule has 0 aromatic carbocycles. The van der Waals surface area contributed by atoms with Crippen LogP contribution in [-0.4, -0.2) is 46.1 Å². The minimum Gasteiger partial charge on any atom is -0.480 e. The fraction of sp³-hybridized carbons (Fsp3) is 0.643. The van der Waals surface area contributed by atoms with Gasteiger partial charge in [0.25, 0.3) is 0 Å². The van der Waals surface area contributed by atoms with Gasteiger partial charge in [-0.3, -0.25) is 0 Å². The summed E-state index contributed by atoms with van der Waals surface area (Å²) in [5.41, 5.74) is 2.72. The van der Waals surface area contributed by atoms with Crippen LogP contribution in [0.5, 0.6) is 0 Å². The number of aliphatic carboxylic acids is 1. The third-order valence-corrected chi connectivity index (χ3v) is 5.18. The number of thiazole rings is 1. The van der Waals surface area contributed by atoms with Gasteiger partial charge in [-0.1, -0.05) is 6.42 Å². The number of nitrogens with one attached hydrogen (secondary N) is 1. The molecule has 1 aliphatic heterocycles. The molecule has 1 aliphatic carbocycles. The first-order valence-corrected chi connectivity index (χ1v) is 8.25. The maximum Gasteiger partial charge on any atom is 0.326 e. The largest absolute Gasteiger partial charge is 0.480 e. The standard InChI is InChI=1S/C14H19N3O3S/c18-13(19)12-11-3-1-2-9(11)6-17(12)14(20)15-5-4-10-7-21-8-16-10/h7-9,11-12H,1-6H2,(H,15,20)(H,18,19). The fourth-order valence-electron chi connectivity index (χ4n) is 3.59. The third kappa shape index (κ3) is 2.88. The maximum atomic E-state index is 12.3. The highest BCUT2D eigenvalue weighted by Crippen LogP contribution is 2.42. The summed E-state index contributed by atoms with van der Waals surface area (Å²) in [6.45, 7) is 1.06. The fourth-order valence-corrected chi connectivity index (χ4v) is 4.18. The Morgan fingerprint density at radius 2 is 2.33 bits per heavy atom. The molecule has 1 aromatic rings. The predicted octanol–water partition coefficient (Wildman–Crippen LogP) is 1.58. The highest BCUT2D eigenvalue weighted by Gasteiger charge is 2.49.